The van der Waals surface area contributed by atoms with Crippen molar-refractivity contribution in [2.75, 3.05) is 32.5 Å². The Balaban J connectivity index is 1.81. The minimum atomic E-state index is -0.287. The summed E-state index contributed by atoms with van der Waals surface area (Å²) in [6, 6.07) is 14.9. The van der Waals surface area contributed by atoms with E-state index in [1.165, 1.54) is 4.90 Å². The van der Waals surface area contributed by atoms with Gasteiger partial charge in [0, 0.05) is 18.1 Å². The molecule has 0 atom stereocenters. The first-order valence-corrected chi connectivity index (χ1v) is 9.23. The number of rotatable bonds is 7. The third kappa shape index (κ3) is 6.44. The van der Waals surface area contributed by atoms with E-state index in [1.54, 1.807) is 31.3 Å². The Hall–Kier alpha value is -1.89. The molecular weight excluding hydrogens is 418 g/mol. The van der Waals surface area contributed by atoms with Crippen LogP contribution in [-0.2, 0) is 16.1 Å². The lowest BCUT2D eigenvalue weighted by atomic mass is 10.2. The first-order chi connectivity index (χ1) is 12.3. The maximum atomic E-state index is 12.3. The van der Waals surface area contributed by atoms with Crippen molar-refractivity contribution in [2.24, 2.45) is 0 Å². The molecule has 0 saturated carbocycles. The van der Waals surface area contributed by atoms with Gasteiger partial charge < -0.3 is 10.2 Å². The van der Waals surface area contributed by atoms with Gasteiger partial charge in [-0.3, -0.25) is 14.5 Å². The van der Waals surface area contributed by atoms with Crippen molar-refractivity contribution >= 4 is 45.0 Å². The fraction of sp³-hybridized carbons (Fsp3) is 0.263. The number of para-hydroxylation sites is 1. The third-order valence-corrected chi connectivity index (χ3v) is 4.58. The quantitative estimate of drug-likeness (QED) is 0.718. The summed E-state index contributed by atoms with van der Waals surface area (Å²) in [5, 5.41) is 3.17. The summed E-state index contributed by atoms with van der Waals surface area (Å²) in [6.07, 6.45) is 0. The van der Waals surface area contributed by atoms with Gasteiger partial charge in [-0.2, -0.15) is 0 Å². The maximum absolute atomic E-state index is 12.3. The molecule has 2 aromatic rings. The smallest absolute Gasteiger partial charge is 0.244 e. The topological polar surface area (TPSA) is 52.7 Å². The Morgan fingerprint density at radius 1 is 1.04 bits per heavy atom. The Morgan fingerprint density at radius 3 is 2.35 bits per heavy atom. The Kier molecular flexibility index (Phi) is 7.63. The number of amides is 2. The highest BCUT2D eigenvalue weighted by Gasteiger charge is 2.15. The number of likely N-dealkylation sites (N-methyl/N-ethyl adjacent to an activating group) is 2. The van der Waals surface area contributed by atoms with Gasteiger partial charge in [0.05, 0.1) is 23.8 Å². The van der Waals surface area contributed by atoms with Crippen molar-refractivity contribution in [3.8, 4) is 0 Å². The van der Waals surface area contributed by atoms with Gasteiger partial charge >= 0.3 is 0 Å². The van der Waals surface area contributed by atoms with Crippen LogP contribution in [-0.4, -0.2) is 48.8 Å². The van der Waals surface area contributed by atoms with Crippen LogP contribution < -0.4 is 5.32 Å². The molecule has 138 valence electrons. The van der Waals surface area contributed by atoms with Gasteiger partial charge in [-0.15, -0.1) is 0 Å². The van der Waals surface area contributed by atoms with Gasteiger partial charge in [0.1, 0.15) is 0 Å². The predicted molar refractivity (Wildman–Crippen MR) is 108 cm³/mol. The van der Waals surface area contributed by atoms with Crippen molar-refractivity contribution in [3.63, 3.8) is 0 Å². The molecule has 26 heavy (non-hydrogen) atoms. The second-order valence-corrected chi connectivity index (χ2v) is 7.40. The summed E-state index contributed by atoms with van der Waals surface area (Å²) < 4.78 is 1.02. The lowest BCUT2D eigenvalue weighted by Crippen LogP contribution is -2.40. The molecule has 0 unspecified atom stereocenters. The molecule has 0 fully saturated rings. The van der Waals surface area contributed by atoms with E-state index < -0.39 is 0 Å². The van der Waals surface area contributed by atoms with Crippen LogP contribution >= 0.6 is 27.5 Å². The first-order valence-electron chi connectivity index (χ1n) is 8.06. The molecule has 0 heterocycles. The number of nitrogens with zero attached hydrogens (tertiary/aromatic N) is 2. The van der Waals surface area contributed by atoms with Crippen LogP contribution in [0.25, 0.3) is 0 Å². The molecule has 0 aliphatic carbocycles. The van der Waals surface area contributed by atoms with Crippen LogP contribution in [0.15, 0.2) is 53.0 Å². The van der Waals surface area contributed by atoms with Crippen molar-refractivity contribution < 1.29 is 9.59 Å². The number of anilines is 1. The third-order valence-electron chi connectivity index (χ3n) is 3.73. The highest BCUT2D eigenvalue weighted by molar-refractivity contribution is 9.10. The van der Waals surface area contributed by atoms with Crippen molar-refractivity contribution in [1.29, 1.82) is 0 Å². The fourth-order valence-electron chi connectivity index (χ4n) is 2.36. The van der Waals surface area contributed by atoms with E-state index in [9.17, 15) is 9.59 Å². The van der Waals surface area contributed by atoms with Gasteiger partial charge in [-0.25, -0.2) is 0 Å². The molecule has 0 saturated heterocycles. The number of carbonyl (C=O) groups excluding carboxylic acids is 2. The largest absolute Gasteiger partial charge is 0.335 e. The maximum Gasteiger partial charge on any atom is 0.244 e. The van der Waals surface area contributed by atoms with E-state index in [0.717, 1.165) is 10.0 Å². The Morgan fingerprint density at radius 2 is 1.69 bits per heavy atom. The van der Waals surface area contributed by atoms with Gasteiger partial charge in [-0.1, -0.05) is 51.8 Å². The van der Waals surface area contributed by atoms with Crippen LogP contribution in [0.1, 0.15) is 5.56 Å². The molecule has 0 aliphatic heterocycles. The number of halogens is 2. The van der Waals surface area contributed by atoms with Crippen LogP contribution in [0.4, 0.5) is 5.69 Å². The van der Waals surface area contributed by atoms with E-state index >= 15 is 0 Å². The zero-order chi connectivity index (χ0) is 19.1. The average Bonchev–Trinajstić information content (AvgIpc) is 2.58. The molecular formula is C19H21BrClN3O2. The van der Waals surface area contributed by atoms with Gasteiger partial charge in [0.25, 0.3) is 0 Å². The molecule has 0 aliphatic rings. The summed E-state index contributed by atoms with van der Waals surface area (Å²) in [7, 11) is 3.49. The molecule has 0 aromatic heterocycles. The molecule has 0 radical (unpaired) electrons. The average molecular weight is 439 g/mol. The molecule has 2 aromatic carbocycles. The van der Waals surface area contributed by atoms with E-state index in [2.05, 4.69) is 21.2 Å². The standard InChI is InChI=1S/C19H21BrClN3O2/c1-23(11-14-7-9-15(20)10-8-14)13-19(26)24(2)12-18(25)22-17-6-4-3-5-16(17)21/h3-10H,11-13H2,1-2H3,(H,22,25). The lowest BCUT2D eigenvalue weighted by Gasteiger charge is -2.21. The minimum Gasteiger partial charge on any atom is -0.335 e. The van der Waals surface area contributed by atoms with E-state index in [0.29, 0.717) is 17.3 Å². The predicted octanol–water partition coefficient (Wildman–Crippen LogP) is 3.63. The summed E-state index contributed by atoms with van der Waals surface area (Å²) in [4.78, 5) is 27.7. The van der Waals surface area contributed by atoms with E-state index in [4.69, 9.17) is 11.6 Å². The van der Waals surface area contributed by atoms with Crippen molar-refractivity contribution in [2.45, 2.75) is 6.54 Å². The van der Waals surface area contributed by atoms with Crippen molar-refractivity contribution in [1.82, 2.24) is 9.80 Å². The van der Waals surface area contributed by atoms with E-state index in [1.807, 2.05) is 36.2 Å². The zero-order valence-corrected chi connectivity index (χ0v) is 17.0. The number of benzene rings is 2. The van der Waals surface area contributed by atoms with Gasteiger partial charge in [0.2, 0.25) is 11.8 Å². The minimum absolute atomic E-state index is 0.0316. The molecule has 7 heteroatoms. The van der Waals surface area contributed by atoms with Crippen molar-refractivity contribution in [3.05, 3.63) is 63.6 Å². The summed E-state index contributed by atoms with van der Waals surface area (Å²) in [6.45, 7) is 0.848. The molecule has 0 spiro atoms. The number of carbonyl (C=O) groups is 2. The molecule has 2 amide bonds. The summed E-state index contributed by atoms with van der Waals surface area (Å²) in [5.41, 5.74) is 1.65. The van der Waals surface area contributed by atoms with Crippen LogP contribution in [0.3, 0.4) is 0 Å². The second-order valence-electron chi connectivity index (χ2n) is 6.08. The molecule has 5 nitrogen and oxygen atoms in total. The summed E-state index contributed by atoms with van der Waals surface area (Å²) >= 11 is 9.42. The highest BCUT2D eigenvalue weighted by Crippen LogP contribution is 2.20. The first kappa shape index (κ1) is 20.4. The molecule has 2 rings (SSSR count). The Bertz CT molecular complexity index is 768. The molecule has 0 bridgehead atoms. The fourth-order valence-corrected chi connectivity index (χ4v) is 2.81. The van der Waals surface area contributed by atoms with E-state index in [-0.39, 0.29) is 24.9 Å². The monoisotopic (exact) mass is 437 g/mol. The number of nitrogens with one attached hydrogen (secondary N) is 1. The normalized spacial score (nSPS) is 10.7. The zero-order valence-electron chi connectivity index (χ0n) is 14.7. The Labute approximate surface area is 167 Å². The van der Waals surface area contributed by atoms with Crippen LogP contribution in [0.5, 0.6) is 0 Å². The van der Waals surface area contributed by atoms with Crippen LogP contribution in [0.2, 0.25) is 5.02 Å². The highest BCUT2D eigenvalue weighted by atomic mass is 79.9. The van der Waals surface area contributed by atoms with Gasteiger partial charge in [-0.05, 0) is 36.9 Å². The van der Waals surface area contributed by atoms with Crippen LogP contribution in [0, 0.1) is 0 Å². The number of hydrogen-bond acceptors (Lipinski definition) is 3. The molecule has 1 N–H and O–H groups in total. The number of hydrogen-bond donors (Lipinski definition) is 1. The second kappa shape index (κ2) is 9.71. The SMILES string of the molecule is CN(CC(=O)N(C)CC(=O)Nc1ccccc1Cl)Cc1ccc(Br)cc1. The lowest BCUT2D eigenvalue weighted by molar-refractivity contribution is -0.134. The summed E-state index contributed by atoms with van der Waals surface area (Å²) in [5.74, 6) is -0.413. The van der Waals surface area contributed by atoms with Gasteiger partial charge in [0.15, 0.2) is 0 Å².